The van der Waals surface area contributed by atoms with Gasteiger partial charge in [-0.3, -0.25) is 4.79 Å². The quantitative estimate of drug-likeness (QED) is 0.746. The highest BCUT2D eigenvalue weighted by Crippen LogP contribution is 2.18. The molecule has 1 unspecified atom stereocenters. The van der Waals surface area contributed by atoms with Gasteiger partial charge in [-0.15, -0.1) is 0 Å². The maximum Gasteiger partial charge on any atom is 0.251 e. The number of rotatable bonds is 8. The third kappa shape index (κ3) is 5.07. The fourth-order valence-electron chi connectivity index (χ4n) is 2.67. The van der Waals surface area contributed by atoms with E-state index in [1.54, 1.807) is 0 Å². The molecule has 21 heavy (non-hydrogen) atoms. The number of nitrogens with one attached hydrogen (secondary N) is 2. The van der Waals surface area contributed by atoms with Crippen molar-refractivity contribution in [2.75, 3.05) is 11.9 Å². The van der Waals surface area contributed by atoms with Gasteiger partial charge in [-0.05, 0) is 49.9 Å². The lowest BCUT2D eigenvalue weighted by molar-refractivity contribution is 0.0925. The van der Waals surface area contributed by atoms with Crippen LogP contribution in [-0.4, -0.2) is 18.5 Å². The zero-order valence-corrected chi connectivity index (χ0v) is 14.1. The van der Waals surface area contributed by atoms with E-state index >= 15 is 0 Å². The predicted octanol–water partition coefficient (Wildman–Crippen LogP) is 4.37. The van der Waals surface area contributed by atoms with Crippen molar-refractivity contribution in [1.29, 1.82) is 0 Å². The standard InChI is InChI=1S/C18H30N2O/c1-6-11-19-17-10-9-16(12-13(17)4)18(21)20-14(5)15(7-2)8-3/h9-10,12,14-15,19H,6-8,11H2,1-5H3,(H,20,21). The van der Waals surface area contributed by atoms with Crippen LogP contribution in [0.1, 0.15) is 62.9 Å². The van der Waals surface area contributed by atoms with E-state index in [4.69, 9.17) is 0 Å². The molecule has 0 radical (unpaired) electrons. The van der Waals surface area contributed by atoms with Crippen LogP contribution in [0.5, 0.6) is 0 Å². The molecule has 0 fully saturated rings. The van der Waals surface area contributed by atoms with Crippen LogP contribution in [0.25, 0.3) is 0 Å². The molecule has 1 amide bonds. The van der Waals surface area contributed by atoms with Crippen molar-refractivity contribution in [2.24, 2.45) is 5.92 Å². The Kier molecular flexibility index (Phi) is 7.27. The summed E-state index contributed by atoms with van der Waals surface area (Å²) in [7, 11) is 0. The van der Waals surface area contributed by atoms with Crippen LogP contribution in [0.15, 0.2) is 18.2 Å². The summed E-state index contributed by atoms with van der Waals surface area (Å²) >= 11 is 0. The number of amides is 1. The molecule has 0 saturated carbocycles. The average Bonchev–Trinajstić information content (AvgIpc) is 2.47. The summed E-state index contributed by atoms with van der Waals surface area (Å²) in [5.74, 6) is 0.570. The number of hydrogen-bond acceptors (Lipinski definition) is 2. The molecule has 0 bridgehead atoms. The highest BCUT2D eigenvalue weighted by Gasteiger charge is 2.17. The molecule has 1 aromatic rings. The van der Waals surface area contributed by atoms with E-state index in [0.29, 0.717) is 5.92 Å². The minimum atomic E-state index is 0.0274. The predicted molar refractivity (Wildman–Crippen MR) is 91.0 cm³/mol. The zero-order valence-electron chi connectivity index (χ0n) is 14.1. The van der Waals surface area contributed by atoms with E-state index in [9.17, 15) is 4.79 Å². The molecule has 0 aliphatic heterocycles. The van der Waals surface area contributed by atoms with Gasteiger partial charge in [-0.2, -0.15) is 0 Å². The molecular weight excluding hydrogens is 260 g/mol. The lowest BCUT2D eigenvalue weighted by Gasteiger charge is -2.22. The Labute approximate surface area is 129 Å². The first kappa shape index (κ1) is 17.5. The van der Waals surface area contributed by atoms with Crippen LogP contribution in [0.2, 0.25) is 0 Å². The molecular formula is C18H30N2O. The number of carbonyl (C=O) groups is 1. The molecule has 0 aliphatic rings. The molecule has 0 saturated heterocycles. The molecule has 1 aromatic carbocycles. The third-order valence-electron chi connectivity index (χ3n) is 4.17. The fourth-order valence-corrected chi connectivity index (χ4v) is 2.67. The second kappa shape index (κ2) is 8.71. The summed E-state index contributed by atoms with van der Waals surface area (Å²) < 4.78 is 0. The Morgan fingerprint density at radius 3 is 2.38 bits per heavy atom. The van der Waals surface area contributed by atoms with Crippen LogP contribution < -0.4 is 10.6 Å². The molecule has 0 heterocycles. The highest BCUT2D eigenvalue weighted by molar-refractivity contribution is 5.95. The maximum atomic E-state index is 12.3. The summed E-state index contributed by atoms with van der Waals surface area (Å²) in [6.45, 7) is 11.6. The topological polar surface area (TPSA) is 41.1 Å². The van der Waals surface area contributed by atoms with Gasteiger partial charge in [0, 0.05) is 23.8 Å². The Balaban J connectivity index is 2.72. The van der Waals surface area contributed by atoms with Crippen LogP contribution in [0.3, 0.4) is 0 Å². The number of carbonyl (C=O) groups excluding carboxylic acids is 1. The molecule has 1 rings (SSSR count). The molecule has 0 spiro atoms. The van der Waals surface area contributed by atoms with Crippen LogP contribution >= 0.6 is 0 Å². The van der Waals surface area contributed by atoms with Crippen molar-refractivity contribution in [3.05, 3.63) is 29.3 Å². The SMILES string of the molecule is CCCNc1ccc(C(=O)NC(C)C(CC)CC)cc1C. The van der Waals surface area contributed by atoms with Crippen molar-refractivity contribution in [2.45, 2.75) is 59.9 Å². The second-order valence-corrected chi connectivity index (χ2v) is 5.80. The van der Waals surface area contributed by atoms with Gasteiger partial charge in [0.25, 0.3) is 5.91 Å². The van der Waals surface area contributed by atoms with E-state index < -0.39 is 0 Å². The smallest absolute Gasteiger partial charge is 0.251 e. The van der Waals surface area contributed by atoms with Crippen LogP contribution in [0, 0.1) is 12.8 Å². The van der Waals surface area contributed by atoms with Gasteiger partial charge < -0.3 is 10.6 Å². The monoisotopic (exact) mass is 290 g/mol. The van der Waals surface area contributed by atoms with E-state index in [1.165, 1.54) is 0 Å². The van der Waals surface area contributed by atoms with E-state index in [1.807, 2.05) is 25.1 Å². The molecule has 2 N–H and O–H groups in total. The Bertz CT molecular complexity index is 453. The minimum absolute atomic E-state index is 0.0274. The van der Waals surface area contributed by atoms with Gasteiger partial charge >= 0.3 is 0 Å². The van der Waals surface area contributed by atoms with E-state index in [-0.39, 0.29) is 11.9 Å². The van der Waals surface area contributed by atoms with Gasteiger partial charge in [-0.25, -0.2) is 0 Å². The maximum absolute atomic E-state index is 12.3. The lowest BCUT2D eigenvalue weighted by Crippen LogP contribution is -2.37. The first-order valence-electron chi connectivity index (χ1n) is 8.18. The Morgan fingerprint density at radius 1 is 1.19 bits per heavy atom. The number of aryl methyl sites for hydroxylation is 1. The molecule has 3 nitrogen and oxygen atoms in total. The van der Waals surface area contributed by atoms with Crippen molar-refractivity contribution in [3.8, 4) is 0 Å². The summed E-state index contributed by atoms with van der Waals surface area (Å²) in [4.78, 5) is 12.3. The molecule has 1 atom stereocenters. The fraction of sp³-hybridized carbons (Fsp3) is 0.611. The van der Waals surface area contributed by atoms with Gasteiger partial charge in [0.15, 0.2) is 0 Å². The van der Waals surface area contributed by atoms with Crippen LogP contribution in [0.4, 0.5) is 5.69 Å². The Hall–Kier alpha value is -1.51. The van der Waals surface area contributed by atoms with Crippen molar-refractivity contribution >= 4 is 11.6 Å². The normalized spacial score (nSPS) is 12.3. The first-order valence-corrected chi connectivity index (χ1v) is 8.18. The van der Waals surface area contributed by atoms with E-state index in [2.05, 4.69) is 38.3 Å². The molecule has 118 valence electrons. The zero-order chi connectivity index (χ0) is 15.8. The summed E-state index contributed by atoms with van der Waals surface area (Å²) in [5.41, 5.74) is 2.97. The first-order chi connectivity index (χ1) is 10.0. The molecule has 0 aliphatic carbocycles. The number of anilines is 1. The minimum Gasteiger partial charge on any atom is -0.385 e. The lowest BCUT2D eigenvalue weighted by atomic mass is 9.95. The third-order valence-corrected chi connectivity index (χ3v) is 4.17. The van der Waals surface area contributed by atoms with Gasteiger partial charge in [-0.1, -0.05) is 33.6 Å². The van der Waals surface area contributed by atoms with Gasteiger partial charge in [0.2, 0.25) is 0 Å². The molecule has 0 aromatic heterocycles. The summed E-state index contributed by atoms with van der Waals surface area (Å²) in [6, 6.07) is 6.08. The Morgan fingerprint density at radius 2 is 1.86 bits per heavy atom. The highest BCUT2D eigenvalue weighted by atomic mass is 16.1. The second-order valence-electron chi connectivity index (χ2n) is 5.80. The summed E-state index contributed by atoms with van der Waals surface area (Å²) in [5, 5.41) is 6.50. The largest absolute Gasteiger partial charge is 0.385 e. The number of benzene rings is 1. The molecule has 3 heteroatoms. The number of hydrogen-bond donors (Lipinski definition) is 2. The van der Waals surface area contributed by atoms with Crippen molar-refractivity contribution in [3.63, 3.8) is 0 Å². The summed E-state index contributed by atoms with van der Waals surface area (Å²) in [6.07, 6.45) is 3.28. The van der Waals surface area contributed by atoms with Crippen molar-refractivity contribution < 1.29 is 4.79 Å². The van der Waals surface area contributed by atoms with Crippen molar-refractivity contribution in [1.82, 2.24) is 5.32 Å². The van der Waals surface area contributed by atoms with E-state index in [0.717, 1.165) is 42.6 Å². The van der Waals surface area contributed by atoms with Gasteiger partial charge in [0.1, 0.15) is 0 Å². The van der Waals surface area contributed by atoms with Gasteiger partial charge in [0.05, 0.1) is 0 Å². The average molecular weight is 290 g/mol. The van der Waals surface area contributed by atoms with Crippen LogP contribution in [-0.2, 0) is 0 Å².